The number of nitrogens with zero attached hydrogens (tertiary/aromatic N) is 2. The van der Waals surface area contributed by atoms with Gasteiger partial charge in [0.15, 0.2) is 5.76 Å². The number of thiophene rings is 1. The van der Waals surface area contributed by atoms with Crippen molar-refractivity contribution in [1.82, 2.24) is 9.46 Å². The van der Waals surface area contributed by atoms with Crippen LogP contribution in [0.15, 0.2) is 27.7 Å². The van der Waals surface area contributed by atoms with Crippen LogP contribution in [-0.4, -0.2) is 44.2 Å². The fraction of sp³-hybridized carbons (Fsp3) is 0.562. The quantitative estimate of drug-likeness (QED) is 0.833. The van der Waals surface area contributed by atoms with Crippen molar-refractivity contribution in [2.75, 3.05) is 26.3 Å². The number of hydrogen-bond donors (Lipinski definition) is 0. The molecule has 1 spiro atoms. The van der Waals surface area contributed by atoms with E-state index in [4.69, 9.17) is 9.26 Å². The predicted octanol–water partition coefficient (Wildman–Crippen LogP) is 2.90. The molecule has 2 aromatic heterocycles. The maximum absolute atomic E-state index is 13.2. The Hall–Kier alpha value is -1.22. The number of rotatable bonds is 3. The second-order valence-corrected chi connectivity index (χ2v) is 9.82. The van der Waals surface area contributed by atoms with Gasteiger partial charge in [-0.15, -0.1) is 11.3 Å². The van der Waals surface area contributed by atoms with E-state index in [-0.39, 0.29) is 5.41 Å². The molecule has 2 saturated heterocycles. The zero-order valence-corrected chi connectivity index (χ0v) is 15.2. The molecule has 0 saturated carbocycles. The molecule has 8 heteroatoms. The lowest BCUT2D eigenvalue weighted by Crippen LogP contribution is -2.46. The van der Waals surface area contributed by atoms with Crippen molar-refractivity contribution in [3.63, 3.8) is 0 Å². The van der Waals surface area contributed by atoms with Crippen LogP contribution in [0.5, 0.6) is 0 Å². The molecule has 2 aliphatic rings. The Morgan fingerprint density at radius 1 is 1.38 bits per heavy atom. The maximum Gasteiger partial charge on any atom is 0.244 e. The fourth-order valence-electron chi connectivity index (χ4n) is 3.66. The molecule has 4 heterocycles. The summed E-state index contributed by atoms with van der Waals surface area (Å²) in [7, 11) is -3.50. The number of hydrogen-bond acceptors (Lipinski definition) is 6. The van der Waals surface area contributed by atoms with Crippen molar-refractivity contribution in [3.05, 3.63) is 23.2 Å². The zero-order valence-electron chi connectivity index (χ0n) is 13.5. The normalized spacial score (nSPS) is 25.5. The predicted molar refractivity (Wildman–Crippen MR) is 90.4 cm³/mol. The van der Waals surface area contributed by atoms with Crippen molar-refractivity contribution in [1.29, 1.82) is 0 Å². The van der Waals surface area contributed by atoms with Crippen molar-refractivity contribution in [3.8, 4) is 10.6 Å². The number of aryl methyl sites for hydroxylation is 1. The van der Waals surface area contributed by atoms with E-state index in [0.717, 1.165) is 35.6 Å². The van der Waals surface area contributed by atoms with Gasteiger partial charge in [0.2, 0.25) is 10.0 Å². The molecule has 0 bridgehead atoms. The zero-order chi connectivity index (χ0) is 16.8. The maximum atomic E-state index is 13.2. The molecule has 0 aliphatic carbocycles. The first-order chi connectivity index (χ1) is 11.5. The van der Waals surface area contributed by atoms with Gasteiger partial charge in [0.05, 0.1) is 22.6 Å². The van der Waals surface area contributed by atoms with Gasteiger partial charge in [0, 0.05) is 36.1 Å². The Labute approximate surface area is 145 Å². The van der Waals surface area contributed by atoms with E-state index < -0.39 is 10.0 Å². The van der Waals surface area contributed by atoms with Crippen LogP contribution < -0.4 is 0 Å². The van der Waals surface area contributed by atoms with Crippen molar-refractivity contribution >= 4 is 21.4 Å². The average molecular weight is 368 g/mol. The molecule has 2 aliphatic heterocycles. The van der Waals surface area contributed by atoms with Gasteiger partial charge < -0.3 is 9.26 Å². The van der Waals surface area contributed by atoms with Gasteiger partial charge in [-0.3, -0.25) is 0 Å². The van der Waals surface area contributed by atoms with Crippen molar-refractivity contribution in [2.24, 2.45) is 5.41 Å². The summed E-state index contributed by atoms with van der Waals surface area (Å²) in [5, 5.41) is 3.70. The Morgan fingerprint density at radius 3 is 2.96 bits per heavy atom. The Bertz CT molecular complexity index is 820. The Morgan fingerprint density at radius 2 is 2.25 bits per heavy atom. The number of ether oxygens (including phenoxy) is 1. The SMILES string of the molecule is Cc1sc(-c2ccno2)cc1S(=O)(=O)N1CCC[C@@]2(CCOC2)C1. The first-order valence-corrected chi connectivity index (χ1v) is 10.4. The molecule has 0 radical (unpaired) electrons. The van der Waals surface area contributed by atoms with Crippen LogP contribution in [0.3, 0.4) is 0 Å². The first kappa shape index (κ1) is 16.3. The van der Waals surface area contributed by atoms with E-state index in [9.17, 15) is 8.42 Å². The molecule has 2 aromatic rings. The van der Waals surface area contributed by atoms with Gasteiger partial charge in [-0.2, -0.15) is 4.31 Å². The molecule has 24 heavy (non-hydrogen) atoms. The smallest absolute Gasteiger partial charge is 0.244 e. The number of aromatic nitrogens is 1. The summed E-state index contributed by atoms with van der Waals surface area (Å²) < 4.78 is 38.7. The highest BCUT2D eigenvalue weighted by molar-refractivity contribution is 7.89. The molecule has 4 rings (SSSR count). The largest absolute Gasteiger partial charge is 0.381 e. The van der Waals surface area contributed by atoms with Gasteiger partial charge >= 0.3 is 0 Å². The van der Waals surface area contributed by atoms with Crippen LogP contribution in [0.25, 0.3) is 10.6 Å². The Kier molecular flexibility index (Phi) is 4.03. The molecule has 0 unspecified atom stereocenters. The standard InChI is InChI=1S/C16H20N2O4S2/c1-12-15(9-14(23-12)13-3-6-17-22-13)24(19,20)18-7-2-4-16(10-18)5-8-21-11-16/h3,6,9H,2,4-5,7-8,10-11H2,1H3/t16-/m1/s1. The highest BCUT2D eigenvalue weighted by atomic mass is 32.2. The van der Waals surface area contributed by atoms with E-state index in [2.05, 4.69) is 5.16 Å². The first-order valence-electron chi connectivity index (χ1n) is 8.10. The minimum atomic E-state index is -3.50. The molecular formula is C16H20N2O4S2. The average Bonchev–Trinajstić information content (AvgIpc) is 3.28. The third kappa shape index (κ3) is 2.71. The summed E-state index contributed by atoms with van der Waals surface area (Å²) in [6, 6.07) is 3.45. The highest BCUT2D eigenvalue weighted by Crippen LogP contribution is 2.41. The van der Waals surface area contributed by atoms with E-state index in [1.165, 1.54) is 11.3 Å². The van der Waals surface area contributed by atoms with E-state index in [1.807, 2.05) is 6.92 Å². The van der Waals surface area contributed by atoms with Gasteiger partial charge in [-0.05, 0) is 32.3 Å². The van der Waals surface area contributed by atoms with Crippen LogP contribution in [0.2, 0.25) is 0 Å². The molecular weight excluding hydrogens is 348 g/mol. The van der Waals surface area contributed by atoms with E-state index in [1.54, 1.807) is 22.6 Å². The minimum Gasteiger partial charge on any atom is -0.381 e. The second-order valence-electron chi connectivity index (χ2n) is 6.65. The topological polar surface area (TPSA) is 72.6 Å². The molecule has 0 amide bonds. The van der Waals surface area contributed by atoms with Gasteiger partial charge in [-0.1, -0.05) is 5.16 Å². The molecule has 1 atom stereocenters. The lowest BCUT2D eigenvalue weighted by molar-refractivity contribution is 0.105. The third-order valence-corrected chi connectivity index (χ3v) is 8.15. The van der Waals surface area contributed by atoms with Crippen LogP contribution in [0, 0.1) is 12.3 Å². The van der Waals surface area contributed by atoms with Crippen LogP contribution in [-0.2, 0) is 14.8 Å². The minimum absolute atomic E-state index is 0.00298. The highest BCUT2D eigenvalue weighted by Gasteiger charge is 2.43. The van der Waals surface area contributed by atoms with Crippen molar-refractivity contribution in [2.45, 2.75) is 31.1 Å². The summed E-state index contributed by atoms with van der Waals surface area (Å²) >= 11 is 1.42. The number of piperidine rings is 1. The molecule has 0 N–H and O–H groups in total. The van der Waals surface area contributed by atoms with Gasteiger partial charge in [0.25, 0.3) is 0 Å². The van der Waals surface area contributed by atoms with E-state index in [0.29, 0.717) is 30.4 Å². The lowest BCUT2D eigenvalue weighted by Gasteiger charge is -2.38. The monoisotopic (exact) mass is 368 g/mol. The summed E-state index contributed by atoms with van der Waals surface area (Å²) in [6.45, 7) is 4.39. The van der Waals surface area contributed by atoms with Crippen molar-refractivity contribution < 1.29 is 17.7 Å². The fourth-order valence-corrected chi connectivity index (χ4v) is 6.77. The van der Waals surface area contributed by atoms with Gasteiger partial charge in [0.1, 0.15) is 0 Å². The molecule has 130 valence electrons. The lowest BCUT2D eigenvalue weighted by atomic mass is 9.80. The summed E-state index contributed by atoms with van der Waals surface area (Å²) in [6.07, 6.45) is 4.45. The van der Waals surface area contributed by atoms with Crippen LogP contribution in [0.4, 0.5) is 0 Å². The molecule has 2 fully saturated rings. The Balaban J connectivity index is 1.65. The van der Waals surface area contributed by atoms with E-state index >= 15 is 0 Å². The molecule has 0 aromatic carbocycles. The summed E-state index contributed by atoms with van der Waals surface area (Å²) in [5.74, 6) is 0.601. The summed E-state index contributed by atoms with van der Waals surface area (Å²) in [4.78, 5) is 1.96. The van der Waals surface area contributed by atoms with Crippen LogP contribution >= 0.6 is 11.3 Å². The third-order valence-electron chi connectivity index (χ3n) is 4.98. The van der Waals surface area contributed by atoms with Crippen LogP contribution in [0.1, 0.15) is 24.1 Å². The van der Waals surface area contributed by atoms with Gasteiger partial charge in [-0.25, -0.2) is 8.42 Å². The number of sulfonamides is 1. The second kappa shape index (κ2) is 5.94. The molecule has 6 nitrogen and oxygen atoms in total. The summed E-state index contributed by atoms with van der Waals surface area (Å²) in [5.41, 5.74) is 0.00298.